The largest absolute Gasteiger partial charge is 0.465 e. The van der Waals surface area contributed by atoms with Crippen LogP contribution in [0.15, 0.2) is 0 Å². The standard InChI is InChI=1S/C10H19NO4S/c1-4-15-10(12)8(2)11(3)9-5-6-16(13,14)7-9/h8-9H,4-7H2,1-3H3. The van der Waals surface area contributed by atoms with Crippen LogP contribution >= 0.6 is 0 Å². The van der Waals surface area contributed by atoms with E-state index in [2.05, 4.69) is 0 Å². The topological polar surface area (TPSA) is 63.7 Å². The van der Waals surface area contributed by atoms with Gasteiger partial charge in [-0.15, -0.1) is 0 Å². The van der Waals surface area contributed by atoms with Crippen molar-refractivity contribution in [1.29, 1.82) is 0 Å². The predicted molar refractivity (Wildman–Crippen MR) is 60.9 cm³/mol. The van der Waals surface area contributed by atoms with Crippen molar-refractivity contribution in [2.45, 2.75) is 32.4 Å². The van der Waals surface area contributed by atoms with E-state index in [1.165, 1.54) is 0 Å². The highest BCUT2D eigenvalue weighted by atomic mass is 32.2. The van der Waals surface area contributed by atoms with Crippen molar-refractivity contribution in [3.05, 3.63) is 0 Å². The van der Waals surface area contributed by atoms with E-state index in [-0.39, 0.29) is 23.5 Å². The fourth-order valence-electron chi connectivity index (χ4n) is 1.84. The van der Waals surface area contributed by atoms with Crippen LogP contribution in [0, 0.1) is 0 Å². The Bertz CT molecular complexity index is 352. The van der Waals surface area contributed by atoms with Crippen molar-refractivity contribution in [3.63, 3.8) is 0 Å². The van der Waals surface area contributed by atoms with Gasteiger partial charge in [0.15, 0.2) is 9.84 Å². The van der Waals surface area contributed by atoms with Gasteiger partial charge in [-0.3, -0.25) is 9.69 Å². The monoisotopic (exact) mass is 249 g/mol. The van der Waals surface area contributed by atoms with Gasteiger partial charge in [0.05, 0.1) is 18.1 Å². The summed E-state index contributed by atoms with van der Waals surface area (Å²) in [4.78, 5) is 13.3. The highest BCUT2D eigenvalue weighted by Gasteiger charge is 2.34. The molecule has 0 amide bonds. The number of likely N-dealkylation sites (N-methyl/N-ethyl adjacent to an activating group) is 1. The number of ether oxygens (including phenoxy) is 1. The number of carbonyl (C=O) groups excluding carboxylic acids is 1. The van der Waals surface area contributed by atoms with Crippen LogP contribution in [0.4, 0.5) is 0 Å². The molecule has 1 saturated heterocycles. The van der Waals surface area contributed by atoms with E-state index < -0.39 is 15.9 Å². The second-order valence-corrected chi connectivity index (χ2v) is 6.38. The third-order valence-corrected chi connectivity index (χ3v) is 4.77. The number of rotatable bonds is 4. The first kappa shape index (κ1) is 13.4. The van der Waals surface area contributed by atoms with Crippen LogP contribution in [-0.4, -0.2) is 56.5 Å². The molecule has 1 aliphatic heterocycles. The molecular formula is C10H19NO4S. The molecule has 16 heavy (non-hydrogen) atoms. The molecule has 0 aromatic carbocycles. The maximum absolute atomic E-state index is 11.5. The zero-order chi connectivity index (χ0) is 12.3. The summed E-state index contributed by atoms with van der Waals surface area (Å²) in [6, 6.07) is -0.456. The molecule has 0 bridgehead atoms. The van der Waals surface area contributed by atoms with E-state index in [1.807, 2.05) is 0 Å². The Hall–Kier alpha value is -0.620. The molecule has 1 heterocycles. The molecule has 94 valence electrons. The van der Waals surface area contributed by atoms with Gasteiger partial charge >= 0.3 is 5.97 Å². The molecule has 0 saturated carbocycles. The quantitative estimate of drug-likeness (QED) is 0.659. The fraction of sp³-hybridized carbons (Fsp3) is 0.900. The summed E-state index contributed by atoms with van der Waals surface area (Å²) in [5, 5.41) is 0. The lowest BCUT2D eigenvalue weighted by Crippen LogP contribution is -2.44. The first-order valence-corrected chi connectivity index (χ1v) is 7.28. The second-order valence-electron chi connectivity index (χ2n) is 4.15. The van der Waals surface area contributed by atoms with E-state index in [9.17, 15) is 13.2 Å². The Morgan fingerprint density at radius 1 is 1.56 bits per heavy atom. The van der Waals surface area contributed by atoms with Gasteiger partial charge in [0.1, 0.15) is 6.04 Å². The first-order chi connectivity index (χ1) is 7.37. The summed E-state index contributed by atoms with van der Waals surface area (Å²) in [5.74, 6) is 0.0689. The normalized spacial score (nSPS) is 25.6. The van der Waals surface area contributed by atoms with Gasteiger partial charge in [-0.2, -0.15) is 0 Å². The van der Waals surface area contributed by atoms with E-state index in [0.717, 1.165) is 0 Å². The van der Waals surface area contributed by atoms with Crippen LogP contribution < -0.4 is 0 Å². The van der Waals surface area contributed by atoms with Gasteiger partial charge in [0.25, 0.3) is 0 Å². The van der Waals surface area contributed by atoms with Crippen LogP contribution in [0.3, 0.4) is 0 Å². The minimum absolute atomic E-state index is 0.0654. The van der Waals surface area contributed by atoms with E-state index in [4.69, 9.17) is 4.74 Å². The van der Waals surface area contributed by atoms with Crippen molar-refractivity contribution < 1.29 is 17.9 Å². The third-order valence-electron chi connectivity index (χ3n) is 3.02. The van der Waals surface area contributed by atoms with E-state index >= 15 is 0 Å². The fourth-order valence-corrected chi connectivity index (χ4v) is 3.63. The maximum Gasteiger partial charge on any atom is 0.323 e. The zero-order valence-corrected chi connectivity index (χ0v) is 10.8. The molecule has 6 heteroatoms. The SMILES string of the molecule is CCOC(=O)C(C)N(C)C1CCS(=O)(=O)C1. The van der Waals surface area contributed by atoms with Gasteiger partial charge in [0.2, 0.25) is 0 Å². The van der Waals surface area contributed by atoms with Crippen LogP contribution in [0.5, 0.6) is 0 Å². The molecule has 0 aliphatic carbocycles. The Labute approximate surface area is 96.7 Å². The van der Waals surface area contributed by atoms with Gasteiger partial charge in [-0.1, -0.05) is 0 Å². The molecule has 0 aromatic heterocycles. The van der Waals surface area contributed by atoms with Gasteiger partial charge < -0.3 is 4.74 Å². The number of sulfone groups is 1. The van der Waals surface area contributed by atoms with Crippen molar-refractivity contribution in [2.24, 2.45) is 0 Å². The highest BCUT2D eigenvalue weighted by molar-refractivity contribution is 7.91. The summed E-state index contributed by atoms with van der Waals surface area (Å²) in [7, 11) is -1.13. The number of hydrogen-bond acceptors (Lipinski definition) is 5. The minimum Gasteiger partial charge on any atom is -0.465 e. The first-order valence-electron chi connectivity index (χ1n) is 5.46. The molecule has 2 unspecified atom stereocenters. The molecule has 0 spiro atoms. The lowest BCUT2D eigenvalue weighted by atomic mass is 10.2. The highest BCUT2D eigenvalue weighted by Crippen LogP contribution is 2.18. The van der Waals surface area contributed by atoms with E-state index in [1.54, 1.807) is 25.8 Å². The lowest BCUT2D eigenvalue weighted by molar-refractivity contribution is -0.149. The Balaban J connectivity index is 2.58. The van der Waals surface area contributed by atoms with E-state index in [0.29, 0.717) is 13.0 Å². The summed E-state index contributed by atoms with van der Waals surface area (Å²) in [6.07, 6.45) is 0.600. The average molecular weight is 249 g/mol. The van der Waals surface area contributed by atoms with Crippen molar-refractivity contribution in [1.82, 2.24) is 4.90 Å². The van der Waals surface area contributed by atoms with Gasteiger partial charge in [-0.05, 0) is 27.3 Å². The second kappa shape index (κ2) is 5.14. The molecule has 1 aliphatic rings. The summed E-state index contributed by atoms with van der Waals surface area (Å²) >= 11 is 0. The number of hydrogen-bond donors (Lipinski definition) is 0. The molecule has 2 atom stereocenters. The van der Waals surface area contributed by atoms with Gasteiger partial charge in [-0.25, -0.2) is 8.42 Å². The Morgan fingerprint density at radius 3 is 2.62 bits per heavy atom. The molecule has 1 rings (SSSR count). The molecule has 0 N–H and O–H groups in total. The van der Waals surface area contributed by atoms with Crippen LogP contribution in [0.1, 0.15) is 20.3 Å². The number of carbonyl (C=O) groups is 1. The van der Waals surface area contributed by atoms with Gasteiger partial charge in [0, 0.05) is 6.04 Å². The zero-order valence-electron chi connectivity index (χ0n) is 9.97. The van der Waals surface area contributed by atoms with Crippen LogP contribution in [-0.2, 0) is 19.4 Å². The number of esters is 1. The molecular weight excluding hydrogens is 230 g/mol. The Kier molecular flexibility index (Phi) is 4.32. The van der Waals surface area contributed by atoms with Crippen molar-refractivity contribution >= 4 is 15.8 Å². The molecule has 0 aromatic rings. The lowest BCUT2D eigenvalue weighted by Gasteiger charge is -2.28. The van der Waals surface area contributed by atoms with Crippen molar-refractivity contribution in [3.8, 4) is 0 Å². The molecule has 1 fully saturated rings. The Morgan fingerprint density at radius 2 is 2.19 bits per heavy atom. The number of nitrogens with zero attached hydrogens (tertiary/aromatic N) is 1. The summed E-state index contributed by atoms with van der Waals surface area (Å²) in [6.45, 7) is 3.84. The van der Waals surface area contributed by atoms with Crippen LogP contribution in [0.2, 0.25) is 0 Å². The maximum atomic E-state index is 11.5. The third kappa shape index (κ3) is 3.18. The predicted octanol–water partition coefficient (Wildman–Crippen LogP) is 0.0569. The van der Waals surface area contributed by atoms with Crippen LogP contribution in [0.25, 0.3) is 0 Å². The molecule has 0 radical (unpaired) electrons. The summed E-state index contributed by atoms with van der Waals surface area (Å²) < 4.78 is 27.5. The van der Waals surface area contributed by atoms with Crippen molar-refractivity contribution in [2.75, 3.05) is 25.2 Å². The smallest absolute Gasteiger partial charge is 0.323 e. The minimum atomic E-state index is -2.91. The molecule has 5 nitrogen and oxygen atoms in total. The summed E-state index contributed by atoms with van der Waals surface area (Å²) in [5.41, 5.74) is 0. The average Bonchev–Trinajstić information content (AvgIpc) is 2.57.